The van der Waals surface area contributed by atoms with Gasteiger partial charge in [0.1, 0.15) is 17.1 Å². The molecule has 11 heteroatoms. The summed E-state index contributed by atoms with van der Waals surface area (Å²) in [6, 6.07) is 26.2. The number of aromatic nitrogens is 5. The molecule has 0 amide bonds. The Morgan fingerprint density at radius 2 is 1.57 bits per heavy atom. The molecule has 202 valence electrons. The van der Waals surface area contributed by atoms with Crippen LogP contribution in [-0.4, -0.2) is 42.5 Å². The lowest BCUT2D eigenvalue weighted by Crippen LogP contribution is -2.43. The zero-order valence-electron chi connectivity index (χ0n) is 21.9. The topological polar surface area (TPSA) is 127 Å². The molecule has 0 fully saturated rings. The molecule has 0 aliphatic heterocycles. The van der Waals surface area contributed by atoms with Gasteiger partial charge in [-0.25, -0.2) is 4.79 Å². The molecule has 0 saturated heterocycles. The fourth-order valence-electron chi connectivity index (χ4n) is 4.27. The summed E-state index contributed by atoms with van der Waals surface area (Å²) in [5.41, 5.74) is 7.13. The lowest BCUT2D eigenvalue weighted by molar-refractivity contribution is 0.102. The number of methoxy groups -OCH3 is 1. The predicted octanol–water partition coefficient (Wildman–Crippen LogP) is 3.41. The monoisotopic (exact) mass is 554 g/mol. The lowest BCUT2D eigenvalue weighted by atomic mass is 10.2. The number of nitrogens with two attached hydrogens (primary N) is 1. The van der Waals surface area contributed by atoms with E-state index in [4.69, 9.17) is 10.5 Å². The molecule has 5 aromatic rings. The van der Waals surface area contributed by atoms with Crippen LogP contribution < -0.4 is 21.7 Å². The minimum Gasteiger partial charge on any atom is -0.497 e. The van der Waals surface area contributed by atoms with E-state index in [2.05, 4.69) is 10.2 Å². The highest BCUT2D eigenvalue weighted by atomic mass is 32.2. The summed E-state index contributed by atoms with van der Waals surface area (Å²) < 4.78 is 9.27. The fourth-order valence-corrected chi connectivity index (χ4v) is 5.09. The number of Topliss-reactive ketones (excluding diaryl/α,β-unsaturated/α-hetero) is 1. The molecule has 2 heterocycles. The Morgan fingerprint density at radius 3 is 2.23 bits per heavy atom. The zero-order chi connectivity index (χ0) is 28.2. The van der Waals surface area contributed by atoms with Crippen LogP contribution in [0.15, 0.2) is 99.7 Å². The van der Waals surface area contributed by atoms with Gasteiger partial charge in [-0.1, -0.05) is 72.4 Å². The van der Waals surface area contributed by atoms with Gasteiger partial charge in [-0.3, -0.25) is 23.3 Å². The Morgan fingerprint density at radius 1 is 0.925 bits per heavy atom. The lowest BCUT2D eigenvalue weighted by Gasteiger charge is -2.15. The van der Waals surface area contributed by atoms with E-state index in [1.807, 2.05) is 89.5 Å². The van der Waals surface area contributed by atoms with Crippen LogP contribution >= 0.6 is 11.8 Å². The summed E-state index contributed by atoms with van der Waals surface area (Å²) in [5.74, 6) is 0.457. The van der Waals surface area contributed by atoms with Gasteiger partial charge >= 0.3 is 5.69 Å². The summed E-state index contributed by atoms with van der Waals surface area (Å²) >= 11 is 1.13. The summed E-state index contributed by atoms with van der Waals surface area (Å²) in [5, 5.41) is 9.19. The van der Waals surface area contributed by atoms with Crippen molar-refractivity contribution in [3.05, 3.63) is 117 Å². The number of ketones is 1. The number of rotatable bonds is 9. The molecular weight excluding hydrogens is 528 g/mol. The molecule has 40 heavy (non-hydrogen) atoms. The summed E-state index contributed by atoms with van der Waals surface area (Å²) in [6.45, 7) is 0.124. The predicted molar refractivity (Wildman–Crippen MR) is 154 cm³/mol. The summed E-state index contributed by atoms with van der Waals surface area (Å²) in [7, 11) is 2.93. The third kappa shape index (κ3) is 5.19. The Kier molecular flexibility index (Phi) is 7.65. The molecule has 0 aliphatic carbocycles. The first-order chi connectivity index (χ1) is 19.4. The summed E-state index contributed by atoms with van der Waals surface area (Å²) in [4.78, 5) is 39.3. The van der Waals surface area contributed by atoms with E-state index in [0.717, 1.165) is 33.1 Å². The molecule has 0 radical (unpaired) electrons. The second-order valence-electron chi connectivity index (χ2n) is 8.90. The van der Waals surface area contributed by atoms with Gasteiger partial charge in [0.15, 0.2) is 16.8 Å². The molecule has 5 rings (SSSR count). The fraction of sp³-hybridized carbons (Fsp3) is 0.138. The SMILES string of the molecule is COc1ccc(-n2c(SCC(=O)c3c(N)n(Cc4ccccc4)c(=O)n(C)c3=O)nnc2-c2ccccc2)cc1. The Labute approximate surface area is 233 Å². The van der Waals surface area contributed by atoms with E-state index in [1.54, 1.807) is 7.11 Å². The van der Waals surface area contributed by atoms with Crippen molar-refractivity contribution < 1.29 is 9.53 Å². The van der Waals surface area contributed by atoms with Crippen LogP contribution in [0.25, 0.3) is 17.1 Å². The van der Waals surface area contributed by atoms with Crippen LogP contribution in [-0.2, 0) is 13.6 Å². The van der Waals surface area contributed by atoms with Crippen LogP contribution in [0, 0.1) is 0 Å². The van der Waals surface area contributed by atoms with Crippen molar-refractivity contribution in [1.82, 2.24) is 23.9 Å². The number of nitrogens with zero attached hydrogens (tertiary/aromatic N) is 5. The molecule has 0 saturated carbocycles. The number of hydrogen-bond acceptors (Lipinski definition) is 8. The van der Waals surface area contributed by atoms with Gasteiger partial charge in [-0.05, 0) is 29.8 Å². The van der Waals surface area contributed by atoms with Gasteiger partial charge in [0.05, 0.1) is 19.4 Å². The van der Waals surface area contributed by atoms with Crippen molar-refractivity contribution in [1.29, 1.82) is 0 Å². The first-order valence-corrected chi connectivity index (χ1v) is 13.3. The highest BCUT2D eigenvalue weighted by Gasteiger charge is 2.24. The highest BCUT2D eigenvalue weighted by Crippen LogP contribution is 2.29. The van der Waals surface area contributed by atoms with Gasteiger partial charge in [0.2, 0.25) is 0 Å². The first kappa shape index (κ1) is 26.7. The highest BCUT2D eigenvalue weighted by molar-refractivity contribution is 7.99. The maximum atomic E-state index is 13.4. The van der Waals surface area contributed by atoms with E-state index in [-0.39, 0.29) is 23.7 Å². The van der Waals surface area contributed by atoms with Gasteiger partial charge in [0, 0.05) is 18.3 Å². The smallest absolute Gasteiger partial charge is 0.332 e. The van der Waals surface area contributed by atoms with Crippen LogP contribution in [0.3, 0.4) is 0 Å². The number of hydrogen-bond donors (Lipinski definition) is 1. The Bertz CT molecular complexity index is 1780. The molecule has 0 atom stereocenters. The molecule has 2 aromatic heterocycles. The average Bonchev–Trinajstić information content (AvgIpc) is 3.42. The van der Waals surface area contributed by atoms with E-state index in [9.17, 15) is 14.4 Å². The first-order valence-electron chi connectivity index (χ1n) is 12.3. The minimum atomic E-state index is -0.737. The summed E-state index contributed by atoms with van der Waals surface area (Å²) in [6.07, 6.45) is 0. The van der Waals surface area contributed by atoms with Gasteiger partial charge in [-0.2, -0.15) is 0 Å². The third-order valence-corrected chi connectivity index (χ3v) is 7.30. The number of anilines is 1. The molecule has 2 N–H and O–H groups in total. The van der Waals surface area contributed by atoms with Gasteiger partial charge < -0.3 is 10.5 Å². The van der Waals surface area contributed by atoms with Crippen LogP contribution in [0.1, 0.15) is 15.9 Å². The molecule has 10 nitrogen and oxygen atoms in total. The Balaban J connectivity index is 1.49. The standard InChI is InChI=1S/C29H26N6O4S/c1-33-27(37)24(25(30)34(29(33)38)17-19-9-5-3-6-10-19)23(36)18-40-28-32-31-26(20-11-7-4-8-12-20)35(28)21-13-15-22(39-2)16-14-21/h3-16H,17-18,30H2,1-2H3. The third-order valence-electron chi connectivity index (χ3n) is 6.37. The van der Waals surface area contributed by atoms with Crippen molar-refractivity contribution in [3.63, 3.8) is 0 Å². The normalized spacial score (nSPS) is 10.9. The Hall–Kier alpha value is -4.90. The number of ether oxygens (including phenoxy) is 1. The maximum Gasteiger partial charge on any atom is 0.332 e. The van der Waals surface area contributed by atoms with E-state index >= 15 is 0 Å². The van der Waals surface area contributed by atoms with Crippen molar-refractivity contribution in [3.8, 4) is 22.8 Å². The average molecular weight is 555 g/mol. The molecule has 0 bridgehead atoms. The molecule has 0 spiro atoms. The van der Waals surface area contributed by atoms with Crippen LogP contribution in [0.4, 0.5) is 5.82 Å². The second-order valence-corrected chi connectivity index (χ2v) is 9.84. The number of thioether (sulfide) groups is 1. The van der Waals surface area contributed by atoms with Crippen molar-refractivity contribution in [2.45, 2.75) is 11.7 Å². The quantitative estimate of drug-likeness (QED) is 0.217. The van der Waals surface area contributed by atoms with E-state index < -0.39 is 17.0 Å². The number of nitrogen functional groups attached to an aromatic ring is 1. The van der Waals surface area contributed by atoms with E-state index in [0.29, 0.717) is 16.7 Å². The number of carbonyl (C=O) groups excluding carboxylic acids is 1. The number of carbonyl (C=O) groups is 1. The molecular formula is C29H26N6O4S. The van der Waals surface area contributed by atoms with Crippen LogP contribution in [0.2, 0.25) is 0 Å². The van der Waals surface area contributed by atoms with E-state index in [1.165, 1.54) is 11.6 Å². The maximum absolute atomic E-state index is 13.4. The molecule has 3 aromatic carbocycles. The molecule has 0 unspecified atom stereocenters. The van der Waals surface area contributed by atoms with Gasteiger partial charge in [0.25, 0.3) is 5.56 Å². The number of benzene rings is 3. The van der Waals surface area contributed by atoms with Crippen LogP contribution in [0.5, 0.6) is 5.75 Å². The van der Waals surface area contributed by atoms with Crippen molar-refractivity contribution in [2.75, 3.05) is 18.6 Å². The molecule has 0 aliphatic rings. The van der Waals surface area contributed by atoms with Gasteiger partial charge in [-0.15, -0.1) is 10.2 Å². The van der Waals surface area contributed by atoms with Crippen molar-refractivity contribution >= 4 is 23.4 Å². The largest absolute Gasteiger partial charge is 0.497 e. The zero-order valence-corrected chi connectivity index (χ0v) is 22.7. The minimum absolute atomic E-state index is 0.124. The van der Waals surface area contributed by atoms with Crippen molar-refractivity contribution in [2.24, 2.45) is 7.05 Å². The second kappa shape index (κ2) is 11.5.